The molecular weight excluding hydrogens is 292 g/mol. The average molecular weight is 318 g/mol. The maximum absolute atomic E-state index is 10.5. The van der Waals surface area contributed by atoms with E-state index >= 15 is 0 Å². The molecule has 2 aromatic carbocycles. The molecule has 2 aromatic rings. The van der Waals surface area contributed by atoms with Crippen LogP contribution in [0.3, 0.4) is 0 Å². The van der Waals surface area contributed by atoms with Crippen LogP contribution >= 0.6 is 0 Å². The lowest BCUT2D eigenvalue weighted by Crippen LogP contribution is -2.02. The fourth-order valence-electron chi connectivity index (χ4n) is 3.84. The second-order valence-corrected chi connectivity index (χ2v) is 7.16. The highest BCUT2D eigenvalue weighted by atomic mass is 16.3. The Labute approximate surface area is 145 Å². The van der Waals surface area contributed by atoms with Crippen molar-refractivity contribution in [1.82, 2.24) is 0 Å². The van der Waals surface area contributed by atoms with Gasteiger partial charge >= 0.3 is 0 Å². The lowest BCUT2D eigenvalue weighted by atomic mass is 9.83. The summed E-state index contributed by atoms with van der Waals surface area (Å²) in [5.74, 6) is 0.655. The molecule has 124 valence electrons. The van der Waals surface area contributed by atoms with Gasteiger partial charge in [-0.3, -0.25) is 0 Å². The molecule has 0 aromatic heterocycles. The minimum absolute atomic E-state index is 0.306. The van der Waals surface area contributed by atoms with Crippen molar-refractivity contribution in [3.8, 4) is 16.9 Å². The van der Waals surface area contributed by atoms with E-state index in [4.69, 9.17) is 0 Å². The summed E-state index contributed by atoms with van der Waals surface area (Å²) in [5.41, 5.74) is 11.4. The van der Waals surface area contributed by atoms with E-state index < -0.39 is 0 Å². The summed E-state index contributed by atoms with van der Waals surface area (Å²) >= 11 is 0. The zero-order valence-electron chi connectivity index (χ0n) is 15.5. The zero-order chi connectivity index (χ0) is 17.6. The summed E-state index contributed by atoms with van der Waals surface area (Å²) in [4.78, 5) is 0. The molecule has 0 unspecified atom stereocenters. The molecule has 0 heterocycles. The Morgan fingerprint density at radius 2 is 1.17 bits per heavy atom. The van der Waals surface area contributed by atoms with E-state index in [1.165, 1.54) is 33.4 Å². The molecule has 1 heteroatoms. The van der Waals surface area contributed by atoms with Gasteiger partial charge in [0.1, 0.15) is 5.75 Å². The number of benzene rings is 2. The number of rotatable bonds is 2. The standard InChI is InChI=1S/C23H26O/c1-13-7-9-19(23-17(5)15(3)16(4)18(23)6)20(11-13)21-12-14(2)8-10-22(21)24/h7-12,23-24H,1-6H3. The molecule has 0 bridgehead atoms. The van der Waals surface area contributed by atoms with Gasteiger partial charge in [-0.05, 0) is 75.9 Å². The molecule has 0 fully saturated rings. The van der Waals surface area contributed by atoms with Gasteiger partial charge in [0.05, 0.1) is 0 Å². The van der Waals surface area contributed by atoms with Crippen LogP contribution in [-0.2, 0) is 0 Å². The summed E-state index contributed by atoms with van der Waals surface area (Å²) in [7, 11) is 0. The van der Waals surface area contributed by atoms with Gasteiger partial charge in [0.15, 0.2) is 0 Å². The van der Waals surface area contributed by atoms with Crippen molar-refractivity contribution in [2.75, 3.05) is 0 Å². The zero-order valence-corrected chi connectivity index (χ0v) is 15.5. The van der Waals surface area contributed by atoms with Crippen molar-refractivity contribution >= 4 is 0 Å². The van der Waals surface area contributed by atoms with Crippen LogP contribution in [0.4, 0.5) is 0 Å². The van der Waals surface area contributed by atoms with Crippen molar-refractivity contribution in [1.29, 1.82) is 0 Å². The fourth-order valence-corrected chi connectivity index (χ4v) is 3.84. The van der Waals surface area contributed by atoms with Crippen LogP contribution in [0, 0.1) is 13.8 Å². The Kier molecular flexibility index (Phi) is 4.13. The Morgan fingerprint density at radius 3 is 1.75 bits per heavy atom. The first kappa shape index (κ1) is 16.6. The van der Waals surface area contributed by atoms with Crippen molar-refractivity contribution in [2.24, 2.45) is 0 Å². The van der Waals surface area contributed by atoms with Gasteiger partial charge in [-0.1, -0.05) is 46.5 Å². The highest BCUT2D eigenvalue weighted by molar-refractivity contribution is 5.76. The largest absolute Gasteiger partial charge is 0.507 e. The third-order valence-corrected chi connectivity index (χ3v) is 5.57. The number of phenolic OH excluding ortho intramolecular Hbond substituents is 1. The van der Waals surface area contributed by atoms with Crippen molar-refractivity contribution < 1.29 is 5.11 Å². The van der Waals surface area contributed by atoms with Gasteiger partial charge in [0.25, 0.3) is 0 Å². The average Bonchev–Trinajstić information content (AvgIpc) is 2.74. The van der Waals surface area contributed by atoms with Gasteiger partial charge < -0.3 is 5.11 Å². The summed E-state index contributed by atoms with van der Waals surface area (Å²) in [5, 5.41) is 10.5. The predicted octanol–water partition coefficient (Wildman–Crippen LogP) is 6.45. The van der Waals surface area contributed by atoms with Crippen LogP contribution in [0.2, 0.25) is 0 Å². The van der Waals surface area contributed by atoms with E-state index in [1.54, 1.807) is 6.07 Å². The molecule has 0 saturated carbocycles. The number of allylic oxidation sites excluding steroid dienone is 4. The van der Waals surface area contributed by atoms with Crippen LogP contribution in [-0.4, -0.2) is 5.11 Å². The molecule has 3 rings (SSSR count). The highest BCUT2D eigenvalue weighted by Crippen LogP contribution is 2.47. The van der Waals surface area contributed by atoms with Crippen LogP contribution in [0.1, 0.15) is 50.3 Å². The molecule has 0 saturated heterocycles. The fraction of sp³-hybridized carbons (Fsp3) is 0.304. The van der Waals surface area contributed by atoms with Crippen molar-refractivity contribution in [3.05, 3.63) is 75.4 Å². The Hall–Kier alpha value is -2.28. The third kappa shape index (κ3) is 2.58. The molecule has 0 radical (unpaired) electrons. The number of phenols is 1. The van der Waals surface area contributed by atoms with Gasteiger partial charge in [-0.15, -0.1) is 0 Å². The second-order valence-electron chi connectivity index (χ2n) is 7.16. The molecule has 1 aliphatic carbocycles. The van der Waals surface area contributed by atoms with E-state index in [1.807, 2.05) is 6.07 Å². The molecule has 24 heavy (non-hydrogen) atoms. The van der Waals surface area contributed by atoms with Gasteiger partial charge in [0, 0.05) is 11.5 Å². The monoisotopic (exact) mass is 318 g/mol. The van der Waals surface area contributed by atoms with Crippen molar-refractivity contribution in [2.45, 2.75) is 47.5 Å². The first-order valence-electron chi connectivity index (χ1n) is 8.57. The number of hydrogen-bond acceptors (Lipinski definition) is 1. The minimum Gasteiger partial charge on any atom is -0.507 e. The van der Waals surface area contributed by atoms with Gasteiger partial charge in [-0.25, -0.2) is 0 Å². The quantitative estimate of drug-likeness (QED) is 0.675. The van der Waals surface area contributed by atoms with Gasteiger partial charge in [-0.2, -0.15) is 0 Å². The summed E-state index contributed by atoms with van der Waals surface area (Å²) in [6, 6.07) is 12.4. The molecule has 0 amide bonds. The maximum atomic E-state index is 10.5. The van der Waals surface area contributed by atoms with Crippen LogP contribution in [0.25, 0.3) is 11.1 Å². The molecule has 0 aliphatic heterocycles. The minimum atomic E-state index is 0.306. The molecule has 0 spiro atoms. The smallest absolute Gasteiger partial charge is 0.123 e. The van der Waals surface area contributed by atoms with E-state index in [2.05, 4.69) is 65.8 Å². The molecule has 1 nitrogen and oxygen atoms in total. The molecule has 1 N–H and O–H groups in total. The lowest BCUT2D eigenvalue weighted by Gasteiger charge is -2.21. The second kappa shape index (κ2) is 5.98. The van der Waals surface area contributed by atoms with E-state index in [-0.39, 0.29) is 0 Å². The first-order chi connectivity index (χ1) is 11.3. The van der Waals surface area contributed by atoms with Crippen LogP contribution in [0.5, 0.6) is 5.75 Å². The SMILES string of the molecule is CC1=C(C)C(c2ccc(C)cc2-c2cc(C)ccc2O)C(C)=C1C. The molecular formula is C23H26O. The lowest BCUT2D eigenvalue weighted by molar-refractivity contribution is 0.477. The predicted molar refractivity (Wildman–Crippen MR) is 103 cm³/mol. The van der Waals surface area contributed by atoms with E-state index in [9.17, 15) is 5.11 Å². The summed E-state index contributed by atoms with van der Waals surface area (Å²) in [6.07, 6.45) is 0. The van der Waals surface area contributed by atoms with E-state index in [0.717, 1.165) is 16.7 Å². The molecule has 0 atom stereocenters. The van der Waals surface area contributed by atoms with Crippen molar-refractivity contribution in [3.63, 3.8) is 0 Å². The summed E-state index contributed by atoms with van der Waals surface area (Å²) in [6.45, 7) is 13.1. The summed E-state index contributed by atoms with van der Waals surface area (Å²) < 4.78 is 0. The maximum Gasteiger partial charge on any atom is 0.123 e. The van der Waals surface area contributed by atoms with Crippen LogP contribution in [0.15, 0.2) is 58.7 Å². The Bertz CT molecular complexity index is 857. The highest BCUT2D eigenvalue weighted by Gasteiger charge is 2.28. The van der Waals surface area contributed by atoms with E-state index in [0.29, 0.717) is 11.7 Å². The first-order valence-corrected chi connectivity index (χ1v) is 8.57. The topological polar surface area (TPSA) is 20.2 Å². The third-order valence-electron chi connectivity index (χ3n) is 5.57. The Balaban J connectivity index is 2.27. The normalized spacial score (nSPS) is 15.6. The Morgan fingerprint density at radius 1 is 0.667 bits per heavy atom. The molecule has 1 aliphatic rings. The number of hydrogen-bond donors (Lipinski definition) is 1. The number of aryl methyl sites for hydroxylation is 2. The van der Waals surface area contributed by atoms with Crippen LogP contribution < -0.4 is 0 Å². The number of aromatic hydroxyl groups is 1. The van der Waals surface area contributed by atoms with Gasteiger partial charge in [0.2, 0.25) is 0 Å².